The Kier molecular flexibility index (Phi) is 8.48. The molecule has 2 N–H and O–H groups in total. The van der Waals surface area contributed by atoms with E-state index in [0.717, 1.165) is 19.3 Å². The summed E-state index contributed by atoms with van der Waals surface area (Å²) in [6, 6.07) is 0. The van der Waals surface area contributed by atoms with Crippen molar-refractivity contribution in [1.82, 2.24) is 0 Å². The molecule has 1 unspecified atom stereocenters. The number of unbranched alkanes of at least 4 members (excludes halogenated alkanes) is 3. The molecule has 19 heavy (non-hydrogen) atoms. The quantitative estimate of drug-likeness (QED) is 0.363. The molecule has 112 valence electrons. The Bertz CT molecular complexity index is 298. The smallest absolute Gasteiger partial charge is 0.306 e. The normalized spacial score (nSPS) is 14.4. The van der Waals surface area contributed by atoms with Crippen LogP contribution in [-0.4, -0.2) is 41.3 Å². The number of aliphatic carboxylic acids is 1. The van der Waals surface area contributed by atoms with Gasteiger partial charge in [-0.2, -0.15) is 0 Å². The van der Waals surface area contributed by atoms with Crippen LogP contribution < -0.4 is 0 Å². The Balaban J connectivity index is 4.13. The molecule has 0 heterocycles. The van der Waals surface area contributed by atoms with Crippen molar-refractivity contribution in [2.75, 3.05) is 20.6 Å². The van der Waals surface area contributed by atoms with Crippen LogP contribution in [0.2, 0.25) is 0 Å². The van der Waals surface area contributed by atoms with Crippen molar-refractivity contribution in [3.63, 3.8) is 0 Å². The minimum absolute atomic E-state index is 0.336. The molecular formula is C15H30NO3+. The number of hydrogen-bond acceptors (Lipinski definition) is 2. The van der Waals surface area contributed by atoms with Gasteiger partial charge in [-0.1, -0.05) is 33.1 Å². The van der Waals surface area contributed by atoms with Gasteiger partial charge in [0.15, 0.2) is 0 Å². The summed E-state index contributed by atoms with van der Waals surface area (Å²) in [5.41, 5.74) is 0. The zero-order chi connectivity index (χ0) is 14.9. The second-order valence-corrected chi connectivity index (χ2v) is 5.96. The fraction of sp³-hybridized carbons (Fsp3) is 0.800. The highest BCUT2D eigenvalue weighted by Crippen LogP contribution is 2.13. The Labute approximate surface area is 117 Å². The summed E-state index contributed by atoms with van der Waals surface area (Å²) in [4.78, 5) is 10.8. The van der Waals surface area contributed by atoms with Gasteiger partial charge in [0, 0.05) is 12.8 Å². The van der Waals surface area contributed by atoms with E-state index in [1.807, 2.05) is 20.3 Å². The summed E-state index contributed by atoms with van der Waals surface area (Å²) in [6.07, 6.45) is 7.74. The molecule has 0 aliphatic carbocycles. The molecule has 0 aliphatic rings. The SMILES string of the molecule is CCCCCC/C(O)=C/[N+](C)(C)CCC(C)C(=O)O. The van der Waals surface area contributed by atoms with Gasteiger partial charge in [-0.15, -0.1) is 0 Å². The standard InChI is InChI=1S/C15H29NO3/c1-5-6-7-8-9-14(17)12-16(3,4)11-10-13(2)15(18)19/h12-13H,5-11H2,1-4H3,(H-,17,18,19)/p+1/b14-12-. The van der Waals surface area contributed by atoms with E-state index in [4.69, 9.17) is 5.11 Å². The topological polar surface area (TPSA) is 57.5 Å². The minimum Gasteiger partial charge on any atom is -0.507 e. The maximum absolute atomic E-state index is 10.8. The maximum atomic E-state index is 10.8. The molecule has 0 aromatic carbocycles. The molecule has 0 bridgehead atoms. The van der Waals surface area contributed by atoms with Crippen LogP contribution in [0.15, 0.2) is 12.0 Å². The molecule has 0 amide bonds. The van der Waals surface area contributed by atoms with Gasteiger partial charge >= 0.3 is 5.97 Å². The summed E-state index contributed by atoms with van der Waals surface area (Å²) >= 11 is 0. The first kappa shape index (κ1) is 18.0. The van der Waals surface area contributed by atoms with Crippen LogP contribution in [0.5, 0.6) is 0 Å². The van der Waals surface area contributed by atoms with E-state index in [9.17, 15) is 9.90 Å². The van der Waals surface area contributed by atoms with Crippen molar-refractivity contribution in [3.8, 4) is 0 Å². The Hall–Kier alpha value is -1.03. The fourth-order valence-electron chi connectivity index (χ4n) is 1.92. The van der Waals surface area contributed by atoms with Crippen molar-refractivity contribution in [1.29, 1.82) is 0 Å². The lowest BCUT2D eigenvalue weighted by molar-refractivity contribution is -0.840. The van der Waals surface area contributed by atoms with Crippen molar-refractivity contribution in [2.45, 2.75) is 52.4 Å². The summed E-state index contributed by atoms with van der Waals surface area (Å²) < 4.78 is 0.525. The number of allylic oxidation sites excluding steroid dienone is 1. The van der Waals surface area contributed by atoms with E-state index in [2.05, 4.69) is 6.92 Å². The summed E-state index contributed by atoms with van der Waals surface area (Å²) in [6.45, 7) is 4.60. The predicted molar refractivity (Wildman–Crippen MR) is 77.9 cm³/mol. The zero-order valence-corrected chi connectivity index (χ0v) is 12.9. The van der Waals surface area contributed by atoms with Gasteiger partial charge < -0.3 is 10.2 Å². The van der Waals surface area contributed by atoms with Crippen LogP contribution >= 0.6 is 0 Å². The van der Waals surface area contributed by atoms with E-state index in [1.165, 1.54) is 12.8 Å². The van der Waals surface area contributed by atoms with Crippen molar-refractivity contribution in [2.24, 2.45) is 5.92 Å². The molecular weight excluding hydrogens is 242 g/mol. The summed E-state index contributed by atoms with van der Waals surface area (Å²) in [5.74, 6) is -0.672. The zero-order valence-electron chi connectivity index (χ0n) is 12.9. The van der Waals surface area contributed by atoms with Gasteiger partial charge in [0.05, 0.1) is 26.6 Å². The monoisotopic (exact) mass is 272 g/mol. The Morgan fingerprint density at radius 1 is 1.21 bits per heavy atom. The molecule has 0 fully saturated rings. The minimum atomic E-state index is -0.757. The predicted octanol–water partition coefficient (Wildman–Crippen LogP) is 3.54. The molecule has 0 saturated heterocycles. The second kappa shape index (κ2) is 8.97. The number of hydrogen-bond donors (Lipinski definition) is 2. The molecule has 0 saturated carbocycles. The first-order chi connectivity index (χ1) is 8.78. The number of aliphatic hydroxyl groups excluding tert-OH is 1. The van der Waals surface area contributed by atoms with Gasteiger partial charge in [0.1, 0.15) is 12.0 Å². The summed E-state index contributed by atoms with van der Waals surface area (Å²) in [7, 11) is 3.97. The molecule has 0 aromatic heterocycles. The number of aliphatic hydroxyl groups is 1. The summed E-state index contributed by atoms with van der Waals surface area (Å²) in [5, 5.41) is 18.7. The van der Waals surface area contributed by atoms with Gasteiger partial charge in [-0.25, -0.2) is 0 Å². The maximum Gasteiger partial charge on any atom is 0.306 e. The first-order valence-electron chi connectivity index (χ1n) is 7.24. The van der Waals surface area contributed by atoms with Crippen LogP contribution in [0.4, 0.5) is 0 Å². The van der Waals surface area contributed by atoms with Gasteiger partial charge in [0.25, 0.3) is 0 Å². The number of carbonyl (C=O) groups is 1. The number of rotatable bonds is 10. The number of nitrogens with zero attached hydrogens (tertiary/aromatic N) is 1. The highest BCUT2D eigenvalue weighted by atomic mass is 16.4. The van der Waals surface area contributed by atoms with Crippen molar-refractivity contribution >= 4 is 5.97 Å². The van der Waals surface area contributed by atoms with E-state index < -0.39 is 5.97 Å². The van der Waals surface area contributed by atoms with Crippen LogP contribution in [0.3, 0.4) is 0 Å². The second-order valence-electron chi connectivity index (χ2n) is 5.96. The molecule has 4 nitrogen and oxygen atoms in total. The van der Waals surface area contributed by atoms with E-state index in [-0.39, 0.29) is 5.92 Å². The first-order valence-corrected chi connectivity index (χ1v) is 7.24. The molecule has 4 heteroatoms. The van der Waals surface area contributed by atoms with Gasteiger partial charge in [0.2, 0.25) is 0 Å². The number of carboxylic acids is 1. The van der Waals surface area contributed by atoms with Crippen LogP contribution in [0, 0.1) is 5.92 Å². The molecule has 0 rings (SSSR count). The van der Waals surface area contributed by atoms with E-state index in [0.29, 0.717) is 23.2 Å². The lowest BCUT2D eigenvalue weighted by Crippen LogP contribution is -2.36. The highest BCUT2D eigenvalue weighted by molar-refractivity contribution is 5.69. The lowest BCUT2D eigenvalue weighted by Gasteiger charge is -2.26. The molecule has 0 radical (unpaired) electrons. The van der Waals surface area contributed by atoms with E-state index >= 15 is 0 Å². The lowest BCUT2D eigenvalue weighted by atomic mass is 10.1. The van der Waals surface area contributed by atoms with Crippen LogP contribution in [0.25, 0.3) is 0 Å². The molecule has 0 aliphatic heterocycles. The number of quaternary nitrogens is 1. The average molecular weight is 272 g/mol. The fourth-order valence-corrected chi connectivity index (χ4v) is 1.92. The third kappa shape index (κ3) is 9.54. The largest absolute Gasteiger partial charge is 0.507 e. The van der Waals surface area contributed by atoms with Gasteiger partial charge in [-0.3, -0.25) is 9.28 Å². The molecule has 1 atom stereocenters. The molecule has 0 spiro atoms. The third-order valence-electron chi connectivity index (χ3n) is 3.34. The molecule has 0 aromatic rings. The Morgan fingerprint density at radius 3 is 2.37 bits per heavy atom. The van der Waals surface area contributed by atoms with Crippen LogP contribution in [-0.2, 0) is 4.79 Å². The van der Waals surface area contributed by atoms with Crippen molar-refractivity contribution < 1.29 is 19.5 Å². The van der Waals surface area contributed by atoms with Gasteiger partial charge in [-0.05, 0) is 6.42 Å². The van der Waals surface area contributed by atoms with Crippen LogP contribution in [0.1, 0.15) is 52.4 Å². The number of carboxylic acid groups (broad SMARTS) is 1. The van der Waals surface area contributed by atoms with Crippen molar-refractivity contribution in [3.05, 3.63) is 12.0 Å². The average Bonchev–Trinajstić information content (AvgIpc) is 2.31. The highest BCUT2D eigenvalue weighted by Gasteiger charge is 2.19. The van der Waals surface area contributed by atoms with E-state index in [1.54, 1.807) is 6.92 Å². The Morgan fingerprint density at radius 2 is 1.84 bits per heavy atom. The third-order valence-corrected chi connectivity index (χ3v) is 3.34.